The summed E-state index contributed by atoms with van der Waals surface area (Å²) < 4.78 is 10.6. The van der Waals surface area contributed by atoms with E-state index in [-0.39, 0.29) is 0 Å². The van der Waals surface area contributed by atoms with Crippen molar-refractivity contribution >= 4 is 40.5 Å². The Hall–Kier alpha value is -2.70. The highest BCUT2D eigenvalue weighted by molar-refractivity contribution is 7.99. The number of hydrogen-bond acceptors (Lipinski definition) is 4. The molecule has 6 heteroatoms. The van der Waals surface area contributed by atoms with E-state index in [1.807, 2.05) is 54.6 Å². The first kappa shape index (κ1) is 19.1. The van der Waals surface area contributed by atoms with E-state index in [2.05, 4.69) is 28.8 Å². The van der Waals surface area contributed by atoms with Crippen LogP contribution in [0.15, 0.2) is 82.6 Å². The van der Waals surface area contributed by atoms with Gasteiger partial charge >= 0.3 is 0 Å². The Balaban J connectivity index is 1.73. The summed E-state index contributed by atoms with van der Waals surface area (Å²) in [7, 11) is 3.23. The molecule has 0 amide bonds. The lowest BCUT2D eigenvalue weighted by Crippen LogP contribution is -2.19. The maximum Gasteiger partial charge on any atom is 0.175 e. The Bertz CT molecular complexity index is 895. The quantitative estimate of drug-likeness (QED) is 0.524. The molecule has 0 aliphatic heterocycles. The van der Waals surface area contributed by atoms with Crippen LogP contribution in [-0.4, -0.2) is 19.3 Å². The van der Waals surface area contributed by atoms with Crippen molar-refractivity contribution in [2.45, 2.75) is 9.79 Å². The summed E-state index contributed by atoms with van der Waals surface area (Å²) in [6.45, 7) is 0. The predicted molar refractivity (Wildman–Crippen MR) is 116 cm³/mol. The van der Waals surface area contributed by atoms with Gasteiger partial charge in [-0.05, 0) is 36.5 Å². The fraction of sp³-hybridized carbons (Fsp3) is 0.0952. The Labute approximate surface area is 168 Å². The molecule has 0 aromatic heterocycles. The van der Waals surface area contributed by atoms with E-state index >= 15 is 0 Å². The molecule has 0 fully saturated rings. The van der Waals surface area contributed by atoms with Gasteiger partial charge in [-0.3, -0.25) is 0 Å². The summed E-state index contributed by atoms with van der Waals surface area (Å²) in [6, 6.07) is 23.8. The van der Waals surface area contributed by atoms with Crippen LogP contribution in [0, 0.1) is 0 Å². The Kier molecular flexibility index (Phi) is 6.57. The minimum absolute atomic E-state index is 0.492. The monoisotopic (exact) mass is 396 g/mol. The van der Waals surface area contributed by atoms with E-state index in [1.165, 1.54) is 4.90 Å². The summed E-state index contributed by atoms with van der Waals surface area (Å²) in [4.78, 5) is 2.26. The van der Waals surface area contributed by atoms with E-state index in [0.29, 0.717) is 16.6 Å². The average molecular weight is 397 g/mol. The van der Waals surface area contributed by atoms with Gasteiger partial charge in [0.15, 0.2) is 5.11 Å². The number of anilines is 2. The molecule has 0 bridgehead atoms. The van der Waals surface area contributed by atoms with Gasteiger partial charge in [0, 0.05) is 33.7 Å². The topological polar surface area (TPSA) is 42.5 Å². The molecule has 0 saturated carbocycles. The summed E-state index contributed by atoms with van der Waals surface area (Å²) in [6.07, 6.45) is 0. The molecule has 3 aromatic rings. The van der Waals surface area contributed by atoms with Crippen molar-refractivity contribution in [3.05, 3.63) is 72.8 Å². The van der Waals surface area contributed by atoms with Crippen LogP contribution in [0.2, 0.25) is 0 Å². The summed E-state index contributed by atoms with van der Waals surface area (Å²) >= 11 is 7.17. The van der Waals surface area contributed by atoms with Gasteiger partial charge in [0.05, 0.1) is 19.9 Å². The maximum absolute atomic E-state index is 5.49. The molecule has 0 unspecified atom stereocenters. The lowest BCUT2D eigenvalue weighted by Gasteiger charge is -2.15. The zero-order chi connectivity index (χ0) is 19.1. The zero-order valence-corrected chi connectivity index (χ0v) is 16.7. The molecule has 0 aliphatic carbocycles. The molecule has 0 heterocycles. The Morgan fingerprint density at radius 3 is 2.11 bits per heavy atom. The van der Waals surface area contributed by atoms with Gasteiger partial charge in [0.1, 0.15) is 11.5 Å². The highest BCUT2D eigenvalue weighted by Crippen LogP contribution is 2.33. The van der Waals surface area contributed by atoms with E-state index in [1.54, 1.807) is 26.0 Å². The molecule has 3 aromatic carbocycles. The van der Waals surface area contributed by atoms with Crippen molar-refractivity contribution in [1.82, 2.24) is 0 Å². The molecule has 4 nitrogen and oxygen atoms in total. The molecule has 3 rings (SSSR count). The molecule has 0 radical (unpaired) electrons. The number of methoxy groups -OCH3 is 2. The predicted octanol–water partition coefficient (Wildman–Crippen LogP) is 5.66. The van der Waals surface area contributed by atoms with Crippen LogP contribution in [0.4, 0.5) is 11.4 Å². The molecule has 2 N–H and O–H groups in total. The minimum atomic E-state index is 0.492. The average Bonchev–Trinajstić information content (AvgIpc) is 2.70. The normalized spacial score (nSPS) is 10.1. The van der Waals surface area contributed by atoms with E-state index in [9.17, 15) is 0 Å². The van der Waals surface area contributed by atoms with Crippen LogP contribution in [0.5, 0.6) is 11.5 Å². The van der Waals surface area contributed by atoms with Gasteiger partial charge in [-0.15, -0.1) is 0 Å². The van der Waals surface area contributed by atoms with Gasteiger partial charge < -0.3 is 20.1 Å². The number of rotatable bonds is 6. The fourth-order valence-electron chi connectivity index (χ4n) is 2.44. The van der Waals surface area contributed by atoms with Gasteiger partial charge in [0.2, 0.25) is 0 Å². The number of ether oxygens (including phenoxy) is 2. The van der Waals surface area contributed by atoms with Gasteiger partial charge in [-0.1, -0.05) is 42.1 Å². The maximum atomic E-state index is 5.49. The van der Waals surface area contributed by atoms with Crippen LogP contribution in [0.3, 0.4) is 0 Å². The molecule has 27 heavy (non-hydrogen) atoms. The van der Waals surface area contributed by atoms with Gasteiger partial charge in [-0.2, -0.15) is 0 Å². The van der Waals surface area contributed by atoms with Gasteiger partial charge in [-0.25, -0.2) is 0 Å². The third kappa shape index (κ3) is 5.39. The molecular formula is C21H20N2O2S2. The van der Waals surface area contributed by atoms with Crippen molar-refractivity contribution < 1.29 is 9.47 Å². The summed E-state index contributed by atoms with van der Waals surface area (Å²) in [5.41, 5.74) is 1.73. The van der Waals surface area contributed by atoms with Crippen molar-refractivity contribution in [2.24, 2.45) is 0 Å². The minimum Gasteiger partial charge on any atom is -0.497 e. The number of para-hydroxylation sites is 1. The Morgan fingerprint density at radius 1 is 0.815 bits per heavy atom. The highest BCUT2D eigenvalue weighted by Gasteiger charge is 2.08. The fourth-order valence-corrected chi connectivity index (χ4v) is 3.59. The first-order valence-electron chi connectivity index (χ1n) is 8.31. The highest BCUT2D eigenvalue weighted by atomic mass is 32.2. The van der Waals surface area contributed by atoms with Crippen LogP contribution < -0.4 is 20.1 Å². The largest absolute Gasteiger partial charge is 0.497 e. The SMILES string of the molecule is COc1cc(NC(=S)Nc2ccccc2Sc2ccccc2)cc(OC)c1. The number of thiocarbonyl (C=S) groups is 1. The second kappa shape index (κ2) is 9.30. The lowest BCUT2D eigenvalue weighted by atomic mass is 10.3. The molecular weight excluding hydrogens is 376 g/mol. The molecule has 0 atom stereocenters. The number of benzene rings is 3. The van der Waals surface area contributed by atoms with E-state index in [4.69, 9.17) is 21.7 Å². The van der Waals surface area contributed by atoms with Crippen LogP contribution >= 0.6 is 24.0 Å². The van der Waals surface area contributed by atoms with Crippen LogP contribution in [-0.2, 0) is 0 Å². The third-order valence-electron chi connectivity index (χ3n) is 3.72. The smallest absolute Gasteiger partial charge is 0.175 e. The molecule has 0 aliphatic rings. The van der Waals surface area contributed by atoms with E-state index < -0.39 is 0 Å². The van der Waals surface area contributed by atoms with Crippen LogP contribution in [0.1, 0.15) is 0 Å². The molecule has 0 saturated heterocycles. The second-order valence-corrected chi connectivity index (χ2v) is 7.12. The number of hydrogen-bond donors (Lipinski definition) is 2. The lowest BCUT2D eigenvalue weighted by molar-refractivity contribution is 0.395. The van der Waals surface area contributed by atoms with Crippen molar-refractivity contribution in [2.75, 3.05) is 24.9 Å². The first-order chi connectivity index (χ1) is 13.2. The first-order valence-corrected chi connectivity index (χ1v) is 9.53. The molecule has 0 spiro atoms. The van der Waals surface area contributed by atoms with Crippen LogP contribution in [0.25, 0.3) is 0 Å². The molecule has 138 valence electrons. The van der Waals surface area contributed by atoms with Crippen molar-refractivity contribution in [3.63, 3.8) is 0 Å². The summed E-state index contributed by atoms with van der Waals surface area (Å²) in [5.74, 6) is 1.39. The van der Waals surface area contributed by atoms with E-state index in [0.717, 1.165) is 16.3 Å². The van der Waals surface area contributed by atoms with Crippen molar-refractivity contribution in [1.29, 1.82) is 0 Å². The van der Waals surface area contributed by atoms with Crippen molar-refractivity contribution in [3.8, 4) is 11.5 Å². The third-order valence-corrected chi connectivity index (χ3v) is 5.00. The second-order valence-electron chi connectivity index (χ2n) is 5.59. The Morgan fingerprint density at radius 2 is 1.44 bits per heavy atom. The van der Waals surface area contributed by atoms with Gasteiger partial charge in [0.25, 0.3) is 0 Å². The summed E-state index contributed by atoms with van der Waals surface area (Å²) in [5, 5.41) is 6.95. The number of nitrogens with one attached hydrogen (secondary N) is 2. The zero-order valence-electron chi connectivity index (χ0n) is 15.1. The standard InChI is InChI=1S/C21H20N2O2S2/c1-24-16-12-15(13-17(14-16)25-2)22-21(26)23-19-10-6-7-11-20(19)27-18-8-4-3-5-9-18/h3-14H,1-2H3,(H2,22,23,26).